The van der Waals surface area contributed by atoms with Crippen molar-refractivity contribution in [3.8, 4) is 0 Å². The lowest BCUT2D eigenvalue weighted by atomic mass is 10.1. The lowest BCUT2D eigenvalue weighted by Crippen LogP contribution is -2.52. The first-order valence-electron chi connectivity index (χ1n) is 5.98. The molecule has 17 heavy (non-hydrogen) atoms. The topological polar surface area (TPSA) is 90.2 Å². The molecule has 0 spiro atoms. The number of aliphatic hydroxyl groups is 3. The summed E-state index contributed by atoms with van der Waals surface area (Å²) in [5.41, 5.74) is 0. The zero-order chi connectivity index (χ0) is 12.7. The van der Waals surface area contributed by atoms with Gasteiger partial charge in [-0.1, -0.05) is 0 Å². The van der Waals surface area contributed by atoms with Crippen LogP contribution in [-0.4, -0.2) is 71.2 Å². The van der Waals surface area contributed by atoms with Gasteiger partial charge in [-0.2, -0.15) is 0 Å². The van der Waals surface area contributed by atoms with E-state index in [9.17, 15) is 9.90 Å². The number of hydrogen-bond donors (Lipinski definition) is 3. The molecule has 0 saturated carbocycles. The minimum absolute atomic E-state index is 0.00938. The average molecular weight is 247 g/mol. The Bertz CT molecular complexity index is 234. The van der Waals surface area contributed by atoms with Gasteiger partial charge in [0.25, 0.3) is 5.91 Å². The number of ether oxygens (including phenoxy) is 1. The molecule has 100 valence electrons. The summed E-state index contributed by atoms with van der Waals surface area (Å²) in [5, 5.41) is 27.2. The molecule has 2 unspecified atom stereocenters. The van der Waals surface area contributed by atoms with E-state index >= 15 is 0 Å². The maximum atomic E-state index is 11.9. The lowest BCUT2D eigenvalue weighted by molar-refractivity contribution is -0.149. The largest absolute Gasteiger partial charge is 0.396 e. The fourth-order valence-corrected chi connectivity index (χ4v) is 1.93. The van der Waals surface area contributed by atoms with Crippen LogP contribution in [0.4, 0.5) is 0 Å². The van der Waals surface area contributed by atoms with Crippen LogP contribution in [0.5, 0.6) is 0 Å². The van der Waals surface area contributed by atoms with Gasteiger partial charge in [0.05, 0.1) is 19.3 Å². The maximum Gasteiger partial charge on any atom is 0.251 e. The van der Waals surface area contributed by atoms with Gasteiger partial charge in [-0.3, -0.25) is 4.79 Å². The Labute approximate surface area is 101 Å². The summed E-state index contributed by atoms with van der Waals surface area (Å²) >= 11 is 0. The van der Waals surface area contributed by atoms with Gasteiger partial charge >= 0.3 is 0 Å². The molecule has 0 aliphatic carbocycles. The highest BCUT2D eigenvalue weighted by molar-refractivity contribution is 5.81. The molecule has 0 aromatic carbocycles. The van der Waals surface area contributed by atoms with E-state index in [0.29, 0.717) is 32.6 Å². The minimum Gasteiger partial charge on any atom is -0.396 e. The predicted octanol–water partition coefficient (Wildman–Crippen LogP) is -1.27. The third kappa shape index (κ3) is 4.23. The average Bonchev–Trinajstić information content (AvgIpc) is 2.36. The summed E-state index contributed by atoms with van der Waals surface area (Å²) in [6.45, 7) is 1.26. The number of morpholine rings is 1. The molecule has 1 fully saturated rings. The lowest BCUT2D eigenvalue weighted by Gasteiger charge is -2.36. The Hall–Kier alpha value is -0.690. The molecular formula is C11H21NO5. The molecule has 1 saturated heterocycles. The molecule has 0 radical (unpaired) electrons. The number of rotatable bonds is 6. The fourth-order valence-electron chi connectivity index (χ4n) is 1.93. The normalized spacial score (nSPS) is 22.5. The zero-order valence-corrected chi connectivity index (χ0v) is 9.92. The highest BCUT2D eigenvalue weighted by Gasteiger charge is 2.30. The summed E-state index contributed by atoms with van der Waals surface area (Å²) in [5.74, 6) is -0.333. The van der Waals surface area contributed by atoms with Crippen LogP contribution in [0.3, 0.4) is 0 Å². The number of hydrogen-bond acceptors (Lipinski definition) is 5. The van der Waals surface area contributed by atoms with Gasteiger partial charge in [0.1, 0.15) is 6.10 Å². The first-order valence-corrected chi connectivity index (χ1v) is 5.98. The van der Waals surface area contributed by atoms with E-state index in [1.807, 2.05) is 0 Å². The van der Waals surface area contributed by atoms with E-state index in [1.54, 1.807) is 4.90 Å². The zero-order valence-electron chi connectivity index (χ0n) is 9.92. The van der Waals surface area contributed by atoms with Crippen LogP contribution in [0.1, 0.15) is 19.3 Å². The van der Waals surface area contributed by atoms with Crippen molar-refractivity contribution in [2.24, 2.45) is 0 Å². The first kappa shape index (κ1) is 14.4. The maximum absolute atomic E-state index is 11.9. The Morgan fingerprint density at radius 3 is 2.82 bits per heavy atom. The fraction of sp³-hybridized carbons (Fsp3) is 0.909. The number of nitrogens with zero attached hydrogens (tertiary/aromatic N) is 1. The quantitative estimate of drug-likeness (QED) is 0.544. The summed E-state index contributed by atoms with van der Waals surface area (Å²) in [6, 6.07) is -0.162. The third-order valence-electron chi connectivity index (χ3n) is 2.89. The standard InChI is InChI=1S/C11H21NO5/c13-5-1-2-10(15)11(16)12-4-7-17-8-9(12)3-6-14/h9-10,13-15H,1-8H2. The van der Waals surface area contributed by atoms with Crippen LogP contribution in [0.2, 0.25) is 0 Å². The molecule has 1 heterocycles. The Morgan fingerprint density at radius 1 is 1.41 bits per heavy atom. The summed E-state index contributed by atoms with van der Waals surface area (Å²) in [7, 11) is 0. The van der Waals surface area contributed by atoms with Gasteiger partial charge in [0, 0.05) is 19.8 Å². The van der Waals surface area contributed by atoms with Gasteiger partial charge in [-0.05, 0) is 19.3 Å². The molecule has 0 aromatic heterocycles. The second-order valence-corrected chi connectivity index (χ2v) is 4.15. The second-order valence-electron chi connectivity index (χ2n) is 4.15. The highest BCUT2D eigenvalue weighted by atomic mass is 16.5. The summed E-state index contributed by atoms with van der Waals surface area (Å²) in [4.78, 5) is 13.5. The minimum atomic E-state index is -1.07. The predicted molar refractivity (Wildman–Crippen MR) is 60.3 cm³/mol. The van der Waals surface area contributed by atoms with Gasteiger partial charge < -0.3 is 25.0 Å². The van der Waals surface area contributed by atoms with Crippen LogP contribution in [-0.2, 0) is 9.53 Å². The van der Waals surface area contributed by atoms with Crippen molar-refractivity contribution in [3.63, 3.8) is 0 Å². The van der Waals surface area contributed by atoms with Crippen LogP contribution in [0.25, 0.3) is 0 Å². The number of carbonyl (C=O) groups excluding carboxylic acids is 1. The van der Waals surface area contributed by atoms with Crippen molar-refractivity contribution in [1.82, 2.24) is 4.90 Å². The Balaban J connectivity index is 2.51. The molecule has 1 amide bonds. The monoisotopic (exact) mass is 247 g/mol. The van der Waals surface area contributed by atoms with Crippen molar-refractivity contribution in [3.05, 3.63) is 0 Å². The number of carbonyl (C=O) groups is 1. The van der Waals surface area contributed by atoms with Crippen LogP contribution in [0, 0.1) is 0 Å². The van der Waals surface area contributed by atoms with E-state index in [-0.39, 0.29) is 31.6 Å². The van der Waals surface area contributed by atoms with E-state index in [2.05, 4.69) is 0 Å². The Kier molecular flexibility index (Phi) is 6.43. The van der Waals surface area contributed by atoms with Crippen molar-refractivity contribution in [1.29, 1.82) is 0 Å². The Morgan fingerprint density at radius 2 is 2.18 bits per heavy atom. The molecule has 1 rings (SSSR count). The van der Waals surface area contributed by atoms with Crippen LogP contribution in [0.15, 0.2) is 0 Å². The van der Waals surface area contributed by atoms with Crippen LogP contribution >= 0.6 is 0 Å². The van der Waals surface area contributed by atoms with Crippen molar-refractivity contribution in [2.45, 2.75) is 31.4 Å². The molecule has 1 aliphatic rings. The van der Waals surface area contributed by atoms with Crippen LogP contribution < -0.4 is 0 Å². The highest BCUT2D eigenvalue weighted by Crippen LogP contribution is 2.13. The molecule has 6 nitrogen and oxygen atoms in total. The molecule has 3 N–H and O–H groups in total. The molecular weight excluding hydrogens is 226 g/mol. The molecule has 1 aliphatic heterocycles. The van der Waals surface area contributed by atoms with Gasteiger partial charge in [0.15, 0.2) is 0 Å². The van der Waals surface area contributed by atoms with E-state index < -0.39 is 6.10 Å². The smallest absolute Gasteiger partial charge is 0.251 e. The van der Waals surface area contributed by atoms with E-state index in [0.717, 1.165) is 0 Å². The van der Waals surface area contributed by atoms with Crippen molar-refractivity contribution >= 4 is 5.91 Å². The number of amides is 1. The van der Waals surface area contributed by atoms with Gasteiger partial charge in [-0.25, -0.2) is 0 Å². The molecule has 0 bridgehead atoms. The molecule has 2 atom stereocenters. The van der Waals surface area contributed by atoms with E-state index in [4.69, 9.17) is 14.9 Å². The number of aliphatic hydroxyl groups excluding tert-OH is 3. The van der Waals surface area contributed by atoms with Crippen molar-refractivity contribution < 1.29 is 24.9 Å². The molecule has 0 aromatic rings. The van der Waals surface area contributed by atoms with Gasteiger partial charge in [0.2, 0.25) is 0 Å². The van der Waals surface area contributed by atoms with Gasteiger partial charge in [-0.15, -0.1) is 0 Å². The van der Waals surface area contributed by atoms with Crippen molar-refractivity contribution in [2.75, 3.05) is 33.0 Å². The molecule has 6 heteroatoms. The van der Waals surface area contributed by atoms with E-state index in [1.165, 1.54) is 0 Å². The third-order valence-corrected chi connectivity index (χ3v) is 2.89. The summed E-state index contributed by atoms with van der Waals surface area (Å²) in [6.07, 6.45) is 0.0558. The summed E-state index contributed by atoms with van der Waals surface area (Å²) < 4.78 is 5.25. The second kappa shape index (κ2) is 7.60. The first-order chi connectivity index (χ1) is 8.20. The SMILES string of the molecule is O=C(C(O)CCCO)N1CCOCC1CCO.